The zero-order chi connectivity index (χ0) is 13.2. The van der Waals surface area contributed by atoms with Crippen LogP contribution in [0, 0.1) is 23.7 Å². The molecule has 0 spiro atoms. The fourth-order valence-corrected chi connectivity index (χ4v) is 1.20. The van der Waals surface area contributed by atoms with E-state index in [-0.39, 0.29) is 19.1 Å². The van der Waals surface area contributed by atoms with Crippen LogP contribution in [0.25, 0.3) is 0 Å². The first kappa shape index (κ1) is 13.6. The van der Waals surface area contributed by atoms with Crippen LogP contribution in [0.3, 0.4) is 0 Å². The van der Waals surface area contributed by atoms with Crippen LogP contribution in [0.15, 0.2) is 24.3 Å². The number of amides is 1. The SMILES string of the molecule is C#CCNCC(=O)Nc1ccc(OCC#N)cc1. The summed E-state index contributed by atoms with van der Waals surface area (Å²) in [7, 11) is 0. The third-order valence-electron chi connectivity index (χ3n) is 1.95. The summed E-state index contributed by atoms with van der Waals surface area (Å²) in [5.74, 6) is 2.79. The minimum absolute atomic E-state index is 0.00170. The van der Waals surface area contributed by atoms with E-state index in [4.69, 9.17) is 16.4 Å². The van der Waals surface area contributed by atoms with Crippen LogP contribution in [-0.4, -0.2) is 25.6 Å². The molecule has 0 aliphatic rings. The Morgan fingerprint density at radius 3 is 2.72 bits per heavy atom. The van der Waals surface area contributed by atoms with Crippen LogP contribution >= 0.6 is 0 Å². The van der Waals surface area contributed by atoms with Crippen LogP contribution in [0.4, 0.5) is 5.69 Å². The van der Waals surface area contributed by atoms with E-state index in [1.165, 1.54) is 0 Å². The van der Waals surface area contributed by atoms with E-state index in [1.54, 1.807) is 24.3 Å². The summed E-state index contributed by atoms with van der Waals surface area (Å²) in [6.45, 7) is 0.521. The maximum atomic E-state index is 11.4. The summed E-state index contributed by atoms with van der Waals surface area (Å²) < 4.78 is 5.09. The molecule has 5 nitrogen and oxygen atoms in total. The molecule has 18 heavy (non-hydrogen) atoms. The smallest absolute Gasteiger partial charge is 0.238 e. The van der Waals surface area contributed by atoms with Crippen molar-refractivity contribution in [2.75, 3.05) is 25.0 Å². The van der Waals surface area contributed by atoms with Gasteiger partial charge in [-0.05, 0) is 24.3 Å². The molecule has 0 unspecified atom stereocenters. The Morgan fingerprint density at radius 1 is 1.39 bits per heavy atom. The number of benzene rings is 1. The van der Waals surface area contributed by atoms with Gasteiger partial charge in [0.25, 0.3) is 0 Å². The van der Waals surface area contributed by atoms with Gasteiger partial charge in [-0.15, -0.1) is 6.42 Å². The van der Waals surface area contributed by atoms with Crippen molar-refractivity contribution in [3.8, 4) is 24.2 Å². The molecule has 0 radical (unpaired) electrons. The predicted molar refractivity (Wildman–Crippen MR) is 67.9 cm³/mol. The Kier molecular flexibility index (Phi) is 5.82. The highest BCUT2D eigenvalue weighted by atomic mass is 16.5. The second kappa shape index (κ2) is 7.72. The van der Waals surface area contributed by atoms with Gasteiger partial charge in [-0.25, -0.2) is 0 Å². The van der Waals surface area contributed by atoms with Crippen molar-refractivity contribution in [2.24, 2.45) is 0 Å². The van der Waals surface area contributed by atoms with Crippen molar-refractivity contribution in [3.63, 3.8) is 0 Å². The van der Waals surface area contributed by atoms with Gasteiger partial charge >= 0.3 is 0 Å². The van der Waals surface area contributed by atoms with E-state index in [2.05, 4.69) is 16.6 Å². The molecule has 1 amide bonds. The molecule has 0 aliphatic carbocycles. The fourth-order valence-electron chi connectivity index (χ4n) is 1.20. The second-order valence-electron chi connectivity index (χ2n) is 3.33. The maximum absolute atomic E-state index is 11.4. The van der Waals surface area contributed by atoms with Crippen molar-refractivity contribution < 1.29 is 9.53 Å². The van der Waals surface area contributed by atoms with E-state index in [0.29, 0.717) is 18.0 Å². The first-order chi connectivity index (χ1) is 8.76. The van der Waals surface area contributed by atoms with Gasteiger partial charge in [0.1, 0.15) is 11.8 Å². The van der Waals surface area contributed by atoms with E-state index in [9.17, 15) is 4.79 Å². The summed E-state index contributed by atoms with van der Waals surface area (Å²) in [6, 6.07) is 8.64. The molecular formula is C13H13N3O2. The first-order valence-electron chi connectivity index (χ1n) is 5.30. The zero-order valence-electron chi connectivity index (χ0n) is 9.77. The average molecular weight is 243 g/mol. The summed E-state index contributed by atoms with van der Waals surface area (Å²) in [6.07, 6.45) is 5.04. The molecule has 0 bridgehead atoms. The molecule has 0 aromatic heterocycles. The Bertz CT molecular complexity index is 468. The Balaban J connectivity index is 2.41. The molecule has 0 saturated heterocycles. The summed E-state index contributed by atoms with van der Waals surface area (Å²) in [5, 5.41) is 13.8. The lowest BCUT2D eigenvalue weighted by Crippen LogP contribution is -2.28. The quantitative estimate of drug-likeness (QED) is 0.571. The Hall–Kier alpha value is -2.50. The van der Waals surface area contributed by atoms with Gasteiger partial charge in [0, 0.05) is 5.69 Å². The van der Waals surface area contributed by atoms with E-state index >= 15 is 0 Å². The normalized spacial score (nSPS) is 9.00. The topological polar surface area (TPSA) is 74.2 Å². The predicted octanol–water partition coefficient (Wildman–Crippen LogP) is 0.750. The molecule has 0 heterocycles. The van der Waals surface area contributed by atoms with Crippen LogP contribution < -0.4 is 15.4 Å². The van der Waals surface area contributed by atoms with E-state index < -0.39 is 0 Å². The number of ether oxygens (including phenoxy) is 1. The first-order valence-corrected chi connectivity index (χ1v) is 5.30. The van der Waals surface area contributed by atoms with Crippen LogP contribution in [0.5, 0.6) is 5.75 Å². The Morgan fingerprint density at radius 2 is 2.11 bits per heavy atom. The minimum atomic E-state index is -0.170. The summed E-state index contributed by atoms with van der Waals surface area (Å²) in [4.78, 5) is 11.4. The molecule has 0 atom stereocenters. The van der Waals surface area contributed by atoms with Crippen molar-refractivity contribution in [3.05, 3.63) is 24.3 Å². The van der Waals surface area contributed by atoms with Gasteiger partial charge in [0.05, 0.1) is 13.1 Å². The number of rotatable bonds is 6. The average Bonchev–Trinajstić information content (AvgIpc) is 2.38. The maximum Gasteiger partial charge on any atom is 0.238 e. The van der Waals surface area contributed by atoms with Gasteiger partial charge in [-0.1, -0.05) is 5.92 Å². The van der Waals surface area contributed by atoms with E-state index in [0.717, 1.165) is 0 Å². The molecule has 0 aliphatic heterocycles. The lowest BCUT2D eigenvalue weighted by molar-refractivity contribution is -0.115. The molecule has 1 rings (SSSR count). The molecule has 0 saturated carbocycles. The Labute approximate surface area is 106 Å². The van der Waals surface area contributed by atoms with Crippen molar-refractivity contribution in [1.29, 1.82) is 5.26 Å². The number of anilines is 1. The van der Waals surface area contributed by atoms with Crippen molar-refractivity contribution in [1.82, 2.24) is 5.32 Å². The van der Waals surface area contributed by atoms with Gasteiger partial charge in [0.2, 0.25) is 5.91 Å². The number of nitrogens with one attached hydrogen (secondary N) is 2. The fraction of sp³-hybridized carbons (Fsp3) is 0.231. The highest BCUT2D eigenvalue weighted by Gasteiger charge is 2.01. The molecular weight excluding hydrogens is 230 g/mol. The van der Waals surface area contributed by atoms with E-state index in [1.807, 2.05) is 6.07 Å². The van der Waals surface area contributed by atoms with Crippen molar-refractivity contribution in [2.45, 2.75) is 0 Å². The molecule has 1 aromatic carbocycles. The van der Waals surface area contributed by atoms with Gasteiger partial charge in [-0.2, -0.15) is 5.26 Å². The third kappa shape index (κ3) is 5.02. The number of terminal acetylenes is 1. The number of hydrogen-bond donors (Lipinski definition) is 2. The number of nitriles is 1. The van der Waals surface area contributed by atoms with Crippen LogP contribution in [0.2, 0.25) is 0 Å². The largest absolute Gasteiger partial charge is 0.479 e. The summed E-state index contributed by atoms with van der Waals surface area (Å²) in [5.41, 5.74) is 0.659. The molecule has 5 heteroatoms. The number of carbonyl (C=O) groups excluding carboxylic acids is 1. The molecule has 1 aromatic rings. The standard InChI is InChI=1S/C13H13N3O2/c1-2-8-15-10-13(17)16-11-3-5-12(6-4-11)18-9-7-14/h1,3-6,15H,8-10H2,(H,16,17). The third-order valence-corrected chi connectivity index (χ3v) is 1.95. The summed E-state index contributed by atoms with van der Waals surface area (Å²) >= 11 is 0. The molecule has 2 N–H and O–H groups in total. The minimum Gasteiger partial charge on any atom is -0.479 e. The second-order valence-corrected chi connectivity index (χ2v) is 3.33. The van der Waals surface area contributed by atoms with Gasteiger partial charge in [0.15, 0.2) is 6.61 Å². The monoisotopic (exact) mass is 243 g/mol. The lowest BCUT2D eigenvalue weighted by Gasteiger charge is -2.06. The highest BCUT2D eigenvalue weighted by molar-refractivity contribution is 5.92. The molecule has 92 valence electrons. The van der Waals surface area contributed by atoms with Crippen LogP contribution in [-0.2, 0) is 4.79 Å². The zero-order valence-corrected chi connectivity index (χ0v) is 9.77. The van der Waals surface area contributed by atoms with Crippen molar-refractivity contribution >= 4 is 11.6 Å². The van der Waals surface area contributed by atoms with Gasteiger partial charge < -0.3 is 10.1 Å². The highest BCUT2D eigenvalue weighted by Crippen LogP contribution is 2.15. The van der Waals surface area contributed by atoms with Gasteiger partial charge in [-0.3, -0.25) is 10.1 Å². The van der Waals surface area contributed by atoms with Crippen LogP contribution in [0.1, 0.15) is 0 Å². The number of hydrogen-bond acceptors (Lipinski definition) is 4. The molecule has 0 fully saturated rings. The number of nitrogens with zero attached hydrogens (tertiary/aromatic N) is 1. The number of carbonyl (C=O) groups is 1. The lowest BCUT2D eigenvalue weighted by atomic mass is 10.3.